The molecular weight excluding hydrogens is 346 g/mol. The second-order valence-electron chi connectivity index (χ2n) is 8.38. The van der Waals surface area contributed by atoms with Gasteiger partial charge in [-0.05, 0) is 75.1 Å². The lowest BCUT2D eigenvalue weighted by Crippen LogP contribution is -2.62. The number of hydrogen-bond acceptors (Lipinski definition) is 5. The molecule has 5 heteroatoms. The number of nitrogens with zero attached hydrogens (tertiary/aromatic N) is 1. The highest BCUT2D eigenvalue weighted by Crippen LogP contribution is 2.60. The normalized spacial score (nSPS) is 36.4. The van der Waals surface area contributed by atoms with Gasteiger partial charge >= 0.3 is 0 Å². The van der Waals surface area contributed by atoms with E-state index in [-0.39, 0.29) is 11.3 Å². The fourth-order valence-electron chi connectivity index (χ4n) is 5.44. The number of aliphatic hydroxyl groups is 2. The number of aromatic nitrogens is 1. The van der Waals surface area contributed by atoms with E-state index >= 15 is 0 Å². The summed E-state index contributed by atoms with van der Waals surface area (Å²) in [5.41, 5.74) is -0.357. The summed E-state index contributed by atoms with van der Waals surface area (Å²) >= 11 is 1.47. The smallest absolute Gasteiger partial charge is 0.144 e. The Morgan fingerprint density at radius 3 is 2.73 bits per heavy atom. The highest BCUT2D eigenvalue weighted by Gasteiger charge is 2.61. The van der Waals surface area contributed by atoms with Crippen LogP contribution in [-0.4, -0.2) is 25.9 Å². The van der Waals surface area contributed by atoms with Gasteiger partial charge < -0.3 is 15.3 Å². The second kappa shape index (κ2) is 5.78. The van der Waals surface area contributed by atoms with Crippen LogP contribution in [0.3, 0.4) is 0 Å². The molecule has 2 aliphatic rings. The molecular formula is C21H27NO3S. The summed E-state index contributed by atoms with van der Waals surface area (Å²) < 4.78 is 0. The predicted molar refractivity (Wildman–Crippen MR) is 102 cm³/mol. The minimum Gasteiger partial charge on any atom is -0.508 e. The Balaban J connectivity index is 1.83. The Morgan fingerprint density at radius 1 is 1.31 bits per heavy atom. The van der Waals surface area contributed by atoms with Gasteiger partial charge in [0.25, 0.3) is 0 Å². The largest absolute Gasteiger partial charge is 0.508 e. The molecule has 1 aromatic carbocycles. The van der Waals surface area contributed by atoms with E-state index in [1.54, 1.807) is 19.2 Å². The van der Waals surface area contributed by atoms with Crippen LogP contribution in [0.2, 0.25) is 0 Å². The topological polar surface area (TPSA) is 73.6 Å². The molecule has 0 spiro atoms. The van der Waals surface area contributed by atoms with E-state index in [1.165, 1.54) is 22.5 Å². The summed E-state index contributed by atoms with van der Waals surface area (Å²) in [6.45, 7) is 5.90. The van der Waals surface area contributed by atoms with E-state index in [0.717, 1.165) is 24.1 Å². The number of rotatable bonds is 2. The number of thiazole rings is 1. The lowest BCUT2D eigenvalue weighted by molar-refractivity contribution is -0.205. The average molecular weight is 374 g/mol. The van der Waals surface area contributed by atoms with Crippen LogP contribution in [0, 0.1) is 12.8 Å². The Hall–Kier alpha value is -1.43. The number of phenols is 1. The van der Waals surface area contributed by atoms with Crippen LogP contribution in [0.4, 0.5) is 0 Å². The first-order valence-electron chi connectivity index (χ1n) is 9.42. The summed E-state index contributed by atoms with van der Waals surface area (Å²) in [5, 5.41) is 33.5. The molecule has 0 bridgehead atoms. The van der Waals surface area contributed by atoms with E-state index in [1.807, 2.05) is 19.1 Å². The first-order chi connectivity index (χ1) is 12.2. The summed E-state index contributed by atoms with van der Waals surface area (Å²) in [7, 11) is 0. The van der Waals surface area contributed by atoms with Crippen LogP contribution in [0.15, 0.2) is 24.4 Å². The maximum atomic E-state index is 11.6. The quantitative estimate of drug-likeness (QED) is 0.749. The Labute approximate surface area is 158 Å². The number of aryl methyl sites for hydroxylation is 2. The Bertz CT molecular complexity index is 846. The predicted octanol–water partition coefficient (Wildman–Crippen LogP) is 3.80. The summed E-state index contributed by atoms with van der Waals surface area (Å²) in [4.78, 5) is 5.47. The maximum absolute atomic E-state index is 11.6. The van der Waals surface area contributed by atoms with E-state index in [0.29, 0.717) is 23.6 Å². The molecule has 26 heavy (non-hydrogen) atoms. The lowest BCUT2D eigenvalue weighted by atomic mass is 9.49. The molecule has 4 atom stereocenters. The van der Waals surface area contributed by atoms with Gasteiger partial charge in [0.2, 0.25) is 0 Å². The van der Waals surface area contributed by atoms with Crippen LogP contribution < -0.4 is 0 Å². The van der Waals surface area contributed by atoms with Gasteiger partial charge in [0.15, 0.2) is 0 Å². The molecule has 3 N–H and O–H groups in total. The zero-order valence-corrected chi connectivity index (χ0v) is 16.4. The van der Waals surface area contributed by atoms with E-state index in [4.69, 9.17) is 0 Å². The van der Waals surface area contributed by atoms with Crippen molar-refractivity contribution in [1.82, 2.24) is 4.98 Å². The van der Waals surface area contributed by atoms with Gasteiger partial charge in [0.05, 0.1) is 5.60 Å². The van der Waals surface area contributed by atoms with Gasteiger partial charge in [-0.15, -0.1) is 11.3 Å². The summed E-state index contributed by atoms with van der Waals surface area (Å²) in [6, 6.07) is 5.63. The maximum Gasteiger partial charge on any atom is 0.144 e. The van der Waals surface area contributed by atoms with Crippen molar-refractivity contribution in [2.45, 2.75) is 69.5 Å². The molecule has 3 unspecified atom stereocenters. The van der Waals surface area contributed by atoms with Crippen molar-refractivity contribution in [3.63, 3.8) is 0 Å². The summed E-state index contributed by atoms with van der Waals surface area (Å²) in [5.74, 6) is 0.574. The minimum absolute atomic E-state index is 0.177. The molecule has 1 heterocycles. The van der Waals surface area contributed by atoms with Gasteiger partial charge in [0, 0.05) is 16.5 Å². The molecule has 4 nitrogen and oxygen atoms in total. The molecule has 140 valence electrons. The fraction of sp³-hybridized carbons (Fsp3) is 0.571. The first-order valence-corrected chi connectivity index (χ1v) is 10.2. The summed E-state index contributed by atoms with van der Waals surface area (Å²) in [6.07, 6.45) is 5.53. The van der Waals surface area contributed by atoms with Crippen molar-refractivity contribution < 1.29 is 15.3 Å². The third-order valence-corrected chi connectivity index (χ3v) is 7.93. The Kier molecular flexibility index (Phi) is 3.99. The monoisotopic (exact) mass is 373 g/mol. The van der Waals surface area contributed by atoms with Crippen molar-refractivity contribution in [2.75, 3.05) is 0 Å². The highest BCUT2D eigenvalue weighted by atomic mass is 32.1. The van der Waals surface area contributed by atoms with Gasteiger partial charge in [-0.25, -0.2) is 4.98 Å². The molecule has 0 radical (unpaired) electrons. The molecule has 0 amide bonds. The molecule has 2 aliphatic carbocycles. The van der Waals surface area contributed by atoms with Crippen molar-refractivity contribution >= 4 is 11.3 Å². The highest BCUT2D eigenvalue weighted by molar-refractivity contribution is 7.11. The van der Waals surface area contributed by atoms with Gasteiger partial charge in [-0.3, -0.25) is 0 Å². The van der Waals surface area contributed by atoms with Crippen LogP contribution in [-0.2, 0) is 17.4 Å². The minimum atomic E-state index is -1.32. The molecule has 1 fully saturated rings. The van der Waals surface area contributed by atoms with Crippen LogP contribution in [0.1, 0.15) is 60.5 Å². The number of aromatic hydroxyl groups is 1. The van der Waals surface area contributed by atoms with Gasteiger partial charge in [-0.1, -0.05) is 13.0 Å². The molecule has 1 saturated carbocycles. The fourth-order valence-corrected chi connectivity index (χ4v) is 6.43. The van der Waals surface area contributed by atoms with Crippen molar-refractivity contribution in [2.24, 2.45) is 5.92 Å². The third-order valence-electron chi connectivity index (χ3n) is 6.87. The zero-order valence-electron chi connectivity index (χ0n) is 15.6. The van der Waals surface area contributed by atoms with Crippen LogP contribution in [0.25, 0.3) is 0 Å². The van der Waals surface area contributed by atoms with Gasteiger partial charge in [0.1, 0.15) is 16.4 Å². The van der Waals surface area contributed by atoms with E-state index < -0.39 is 11.2 Å². The van der Waals surface area contributed by atoms with Gasteiger partial charge in [-0.2, -0.15) is 0 Å². The number of phenolic OH excluding ortho intramolecular Hbond substituents is 1. The first kappa shape index (κ1) is 18.0. The van der Waals surface area contributed by atoms with E-state index in [9.17, 15) is 15.3 Å². The number of benzene rings is 1. The van der Waals surface area contributed by atoms with Crippen LogP contribution in [0.5, 0.6) is 5.75 Å². The zero-order chi connectivity index (χ0) is 18.7. The lowest BCUT2D eigenvalue weighted by Gasteiger charge is -2.58. The third kappa shape index (κ3) is 2.37. The standard InChI is InChI=1S/C21H27NO3S/c1-4-20-12-19(3,24)21(25,18-22-11-13(2)26-18)10-15(20)6-5-14-9-16(23)7-8-17(14)20/h7-9,11,15,23-25H,4-6,10,12H2,1-3H3/t15-,19?,20?,21?/m1/s1. The second-order valence-corrected chi connectivity index (χ2v) is 9.61. The molecule has 4 rings (SSSR count). The SMILES string of the molecule is CCC12CC(C)(O)C(O)(c3ncc(C)s3)C[C@H]1CCc1cc(O)ccc12. The van der Waals surface area contributed by atoms with Crippen LogP contribution >= 0.6 is 11.3 Å². The molecule has 0 aliphatic heterocycles. The van der Waals surface area contributed by atoms with E-state index in [2.05, 4.69) is 11.9 Å². The average Bonchev–Trinajstić information content (AvgIpc) is 3.02. The molecule has 1 aromatic heterocycles. The van der Waals surface area contributed by atoms with Crippen molar-refractivity contribution in [3.8, 4) is 5.75 Å². The van der Waals surface area contributed by atoms with Crippen molar-refractivity contribution in [1.29, 1.82) is 0 Å². The number of fused-ring (bicyclic) bond motifs is 3. The molecule has 2 aromatic rings. The van der Waals surface area contributed by atoms with Crippen molar-refractivity contribution in [3.05, 3.63) is 45.4 Å². The number of hydrogen-bond donors (Lipinski definition) is 3. The Morgan fingerprint density at radius 2 is 2.08 bits per heavy atom. The molecule has 0 saturated heterocycles.